The van der Waals surface area contributed by atoms with Crippen LogP contribution in [0.2, 0.25) is 0 Å². The number of halogens is 1. The summed E-state index contributed by atoms with van der Waals surface area (Å²) < 4.78 is 0. The Morgan fingerprint density at radius 2 is 1.91 bits per heavy atom. The molecule has 0 aromatic rings. The highest BCUT2D eigenvalue weighted by molar-refractivity contribution is 6.18. The van der Waals surface area contributed by atoms with Crippen LogP contribution in [0.1, 0.15) is 26.7 Å². The van der Waals surface area contributed by atoms with Crippen molar-refractivity contribution in [2.24, 2.45) is 29.6 Å². The summed E-state index contributed by atoms with van der Waals surface area (Å²) in [6.45, 7) is 4.83. The molecule has 0 heterocycles. The zero-order valence-corrected chi connectivity index (χ0v) is 8.14. The molecule has 2 aliphatic carbocycles. The number of fused-ring (bicyclic) bond motifs is 2. The molecule has 5 unspecified atom stereocenters. The van der Waals surface area contributed by atoms with Crippen molar-refractivity contribution in [3.8, 4) is 0 Å². The van der Waals surface area contributed by atoms with Gasteiger partial charge >= 0.3 is 0 Å². The van der Waals surface area contributed by atoms with Crippen LogP contribution in [0.4, 0.5) is 0 Å². The fourth-order valence-corrected chi connectivity index (χ4v) is 3.63. The predicted molar refractivity (Wildman–Crippen MR) is 48.8 cm³/mol. The second-order valence-electron chi connectivity index (χ2n) is 4.53. The molecule has 2 rings (SSSR count). The standard InChI is InChI=1S/C10H17Cl/c1-6-7(2)10-4-8(6)3-9(10)5-11/h6-10H,3-5H2,1-2H3. The maximum Gasteiger partial charge on any atom is 0.0254 e. The van der Waals surface area contributed by atoms with E-state index in [-0.39, 0.29) is 0 Å². The van der Waals surface area contributed by atoms with Crippen molar-refractivity contribution in [3.05, 3.63) is 0 Å². The van der Waals surface area contributed by atoms with Gasteiger partial charge in [-0.2, -0.15) is 0 Å². The molecular formula is C10H17Cl. The lowest BCUT2D eigenvalue weighted by Gasteiger charge is -2.30. The van der Waals surface area contributed by atoms with E-state index in [1.165, 1.54) is 12.8 Å². The molecule has 0 N–H and O–H groups in total. The lowest BCUT2D eigenvalue weighted by molar-refractivity contribution is 0.203. The van der Waals surface area contributed by atoms with Gasteiger partial charge in [0.1, 0.15) is 0 Å². The van der Waals surface area contributed by atoms with E-state index in [0.717, 1.165) is 35.5 Å². The van der Waals surface area contributed by atoms with Crippen LogP contribution in [-0.4, -0.2) is 5.88 Å². The van der Waals surface area contributed by atoms with Crippen molar-refractivity contribution in [2.75, 3.05) is 5.88 Å². The van der Waals surface area contributed by atoms with E-state index in [2.05, 4.69) is 13.8 Å². The second kappa shape index (κ2) is 2.65. The molecule has 2 aliphatic rings. The van der Waals surface area contributed by atoms with Crippen LogP contribution in [0.5, 0.6) is 0 Å². The van der Waals surface area contributed by atoms with E-state index < -0.39 is 0 Å². The van der Waals surface area contributed by atoms with Gasteiger partial charge in [0.2, 0.25) is 0 Å². The van der Waals surface area contributed by atoms with Crippen LogP contribution in [0.15, 0.2) is 0 Å². The van der Waals surface area contributed by atoms with Crippen molar-refractivity contribution in [3.63, 3.8) is 0 Å². The van der Waals surface area contributed by atoms with Crippen molar-refractivity contribution in [1.82, 2.24) is 0 Å². The third-order valence-corrected chi connectivity index (χ3v) is 4.63. The van der Waals surface area contributed by atoms with Gasteiger partial charge in [0.05, 0.1) is 0 Å². The van der Waals surface area contributed by atoms with Crippen LogP contribution >= 0.6 is 11.6 Å². The SMILES string of the molecule is CC1C2CC(CCl)C(C2)C1C. The first-order valence-electron chi connectivity index (χ1n) is 4.80. The first kappa shape index (κ1) is 7.91. The predicted octanol–water partition coefficient (Wildman–Crippen LogP) is 3.15. The topological polar surface area (TPSA) is 0 Å². The molecule has 0 radical (unpaired) electrons. The second-order valence-corrected chi connectivity index (χ2v) is 4.84. The van der Waals surface area contributed by atoms with E-state index in [0.29, 0.717) is 0 Å². The quantitative estimate of drug-likeness (QED) is 0.533. The van der Waals surface area contributed by atoms with Crippen LogP contribution < -0.4 is 0 Å². The maximum absolute atomic E-state index is 5.91. The molecule has 11 heavy (non-hydrogen) atoms. The molecule has 0 spiro atoms. The minimum atomic E-state index is 0.855. The maximum atomic E-state index is 5.91. The van der Waals surface area contributed by atoms with Crippen molar-refractivity contribution in [2.45, 2.75) is 26.7 Å². The fourth-order valence-electron chi connectivity index (χ4n) is 3.27. The van der Waals surface area contributed by atoms with Crippen LogP contribution in [-0.2, 0) is 0 Å². The lowest BCUT2D eigenvalue weighted by atomic mass is 9.76. The monoisotopic (exact) mass is 172 g/mol. The highest BCUT2D eigenvalue weighted by atomic mass is 35.5. The summed E-state index contributed by atoms with van der Waals surface area (Å²) in [5.41, 5.74) is 0. The summed E-state index contributed by atoms with van der Waals surface area (Å²) >= 11 is 5.91. The van der Waals surface area contributed by atoms with Gasteiger partial charge in [0.15, 0.2) is 0 Å². The smallest absolute Gasteiger partial charge is 0.0254 e. The summed E-state index contributed by atoms with van der Waals surface area (Å²) in [5, 5.41) is 0. The molecule has 64 valence electrons. The number of alkyl halides is 1. The van der Waals surface area contributed by atoms with E-state index >= 15 is 0 Å². The highest BCUT2D eigenvalue weighted by Gasteiger charge is 2.47. The van der Waals surface area contributed by atoms with Crippen LogP contribution in [0, 0.1) is 29.6 Å². The lowest BCUT2D eigenvalue weighted by Crippen LogP contribution is -2.25. The number of rotatable bonds is 1. The number of hydrogen-bond acceptors (Lipinski definition) is 0. The molecule has 5 atom stereocenters. The van der Waals surface area contributed by atoms with Gasteiger partial charge in [0, 0.05) is 5.88 Å². The Kier molecular flexibility index (Phi) is 1.91. The van der Waals surface area contributed by atoms with Crippen LogP contribution in [0.25, 0.3) is 0 Å². The number of hydrogen-bond donors (Lipinski definition) is 0. The average molecular weight is 173 g/mol. The molecule has 1 heteroatoms. The van der Waals surface area contributed by atoms with Gasteiger partial charge in [0.25, 0.3) is 0 Å². The first-order chi connectivity index (χ1) is 5.24. The van der Waals surface area contributed by atoms with Crippen LogP contribution in [0.3, 0.4) is 0 Å². The molecule has 0 aromatic heterocycles. The fraction of sp³-hybridized carbons (Fsp3) is 1.00. The molecule has 0 amide bonds. The third kappa shape index (κ3) is 1.02. The minimum absolute atomic E-state index is 0.855. The van der Waals surface area contributed by atoms with Gasteiger partial charge < -0.3 is 0 Å². The normalized spacial score (nSPS) is 55.4. The van der Waals surface area contributed by atoms with E-state index in [1.54, 1.807) is 0 Å². The Hall–Kier alpha value is 0.290. The molecule has 0 nitrogen and oxygen atoms in total. The van der Waals surface area contributed by atoms with Gasteiger partial charge in [-0.3, -0.25) is 0 Å². The van der Waals surface area contributed by atoms with Gasteiger partial charge in [-0.05, 0) is 42.4 Å². The minimum Gasteiger partial charge on any atom is -0.126 e. The van der Waals surface area contributed by atoms with E-state index in [9.17, 15) is 0 Å². The van der Waals surface area contributed by atoms with Crippen molar-refractivity contribution in [1.29, 1.82) is 0 Å². The Morgan fingerprint density at radius 1 is 1.18 bits per heavy atom. The third-order valence-electron chi connectivity index (χ3n) is 4.23. The van der Waals surface area contributed by atoms with E-state index in [1.807, 2.05) is 0 Å². The molecule has 2 fully saturated rings. The summed E-state index contributed by atoms with van der Waals surface area (Å²) in [7, 11) is 0. The Labute approximate surface area is 74.3 Å². The van der Waals surface area contributed by atoms with Gasteiger partial charge in [-0.15, -0.1) is 11.6 Å². The van der Waals surface area contributed by atoms with Gasteiger partial charge in [-0.25, -0.2) is 0 Å². The van der Waals surface area contributed by atoms with E-state index in [4.69, 9.17) is 11.6 Å². The van der Waals surface area contributed by atoms with Gasteiger partial charge in [-0.1, -0.05) is 13.8 Å². The molecule has 0 aliphatic heterocycles. The Bertz CT molecular complexity index is 149. The average Bonchev–Trinajstić information content (AvgIpc) is 2.53. The molecule has 0 saturated heterocycles. The summed E-state index contributed by atoms with van der Waals surface area (Å²) in [5.74, 6) is 5.65. The Morgan fingerprint density at radius 3 is 2.36 bits per heavy atom. The Balaban J connectivity index is 2.10. The van der Waals surface area contributed by atoms with Crippen molar-refractivity contribution < 1.29 is 0 Å². The summed E-state index contributed by atoms with van der Waals surface area (Å²) in [6.07, 6.45) is 2.89. The largest absolute Gasteiger partial charge is 0.126 e. The highest BCUT2D eigenvalue weighted by Crippen LogP contribution is 2.54. The first-order valence-corrected chi connectivity index (χ1v) is 5.33. The summed E-state index contributed by atoms with van der Waals surface area (Å²) in [4.78, 5) is 0. The zero-order chi connectivity index (χ0) is 8.01. The van der Waals surface area contributed by atoms with Crippen molar-refractivity contribution >= 4 is 11.6 Å². The molecule has 0 aromatic carbocycles. The summed E-state index contributed by atoms with van der Waals surface area (Å²) in [6, 6.07) is 0. The molecule has 2 saturated carbocycles. The zero-order valence-electron chi connectivity index (χ0n) is 7.39. The molecular weight excluding hydrogens is 156 g/mol. The molecule has 2 bridgehead atoms.